The molecule has 1 heterocycles. The van der Waals surface area contributed by atoms with Gasteiger partial charge in [-0.05, 0) is 36.4 Å². The number of anilines is 1. The zero-order valence-electron chi connectivity index (χ0n) is 12.2. The average Bonchev–Trinajstić information content (AvgIpc) is 2.85. The third kappa shape index (κ3) is 3.43. The van der Waals surface area contributed by atoms with Crippen LogP contribution in [0.5, 0.6) is 5.75 Å². The van der Waals surface area contributed by atoms with Gasteiger partial charge in [0.1, 0.15) is 12.3 Å². The fourth-order valence-corrected chi connectivity index (χ4v) is 2.23. The van der Waals surface area contributed by atoms with Gasteiger partial charge in [0.25, 0.3) is 0 Å². The number of alkyl halides is 2. The summed E-state index contributed by atoms with van der Waals surface area (Å²) in [7, 11) is 0. The second kappa shape index (κ2) is 6.53. The summed E-state index contributed by atoms with van der Waals surface area (Å²) in [5.74, 6) is -1.10. The molecule has 2 aromatic carbocycles. The lowest BCUT2D eigenvalue weighted by atomic mass is 10.3. The van der Waals surface area contributed by atoms with Crippen molar-refractivity contribution in [1.82, 2.24) is 4.57 Å². The molecule has 0 saturated heterocycles. The van der Waals surface area contributed by atoms with Crippen molar-refractivity contribution in [3.05, 3.63) is 59.1 Å². The molecule has 0 unspecified atom stereocenters. The van der Waals surface area contributed by atoms with Gasteiger partial charge in [0, 0.05) is 5.69 Å². The third-order valence-corrected chi connectivity index (χ3v) is 3.24. The molecule has 1 aromatic heterocycles. The lowest BCUT2D eigenvalue weighted by molar-refractivity contribution is -0.116. The first-order valence-corrected chi connectivity index (χ1v) is 6.96. The Balaban J connectivity index is 1.71. The maximum atomic E-state index is 12.1. The summed E-state index contributed by atoms with van der Waals surface area (Å²) in [5, 5.41) is 2.57. The van der Waals surface area contributed by atoms with Gasteiger partial charge in [0.15, 0.2) is 5.58 Å². The number of para-hydroxylation sites is 2. The van der Waals surface area contributed by atoms with E-state index in [2.05, 4.69) is 10.1 Å². The normalized spacial score (nSPS) is 11.0. The number of hydrogen-bond acceptors (Lipinski definition) is 4. The van der Waals surface area contributed by atoms with E-state index >= 15 is 0 Å². The molecular formula is C16H12F2N2O4. The smallest absolute Gasteiger partial charge is 0.420 e. The van der Waals surface area contributed by atoms with Crippen molar-refractivity contribution in [2.24, 2.45) is 0 Å². The Morgan fingerprint density at radius 1 is 1.17 bits per heavy atom. The van der Waals surface area contributed by atoms with E-state index in [-0.39, 0.29) is 12.3 Å². The highest BCUT2D eigenvalue weighted by molar-refractivity contribution is 5.91. The monoisotopic (exact) mass is 334 g/mol. The van der Waals surface area contributed by atoms with E-state index in [0.29, 0.717) is 16.8 Å². The van der Waals surface area contributed by atoms with Crippen molar-refractivity contribution >= 4 is 22.7 Å². The third-order valence-electron chi connectivity index (χ3n) is 3.24. The first-order chi connectivity index (χ1) is 11.5. The fourth-order valence-electron chi connectivity index (χ4n) is 2.23. The summed E-state index contributed by atoms with van der Waals surface area (Å²) in [6.07, 6.45) is 0. The summed E-state index contributed by atoms with van der Waals surface area (Å²) in [6, 6.07) is 12.2. The number of benzene rings is 2. The lowest BCUT2D eigenvalue weighted by Gasteiger charge is -2.08. The van der Waals surface area contributed by atoms with Crippen molar-refractivity contribution in [2.45, 2.75) is 13.2 Å². The van der Waals surface area contributed by atoms with Crippen LogP contribution in [0.4, 0.5) is 14.5 Å². The van der Waals surface area contributed by atoms with E-state index in [1.54, 1.807) is 24.3 Å². The largest absolute Gasteiger partial charge is 0.435 e. The number of aromatic nitrogens is 1. The summed E-state index contributed by atoms with van der Waals surface area (Å²) >= 11 is 0. The minimum Gasteiger partial charge on any atom is -0.435 e. The number of ether oxygens (including phenoxy) is 1. The number of nitrogens with zero attached hydrogens (tertiary/aromatic N) is 1. The number of carbonyl (C=O) groups excluding carboxylic acids is 1. The van der Waals surface area contributed by atoms with E-state index in [9.17, 15) is 18.4 Å². The highest BCUT2D eigenvalue weighted by Crippen LogP contribution is 2.18. The fraction of sp³-hybridized carbons (Fsp3) is 0.125. The molecule has 1 N–H and O–H groups in total. The topological polar surface area (TPSA) is 73.5 Å². The quantitative estimate of drug-likeness (QED) is 0.779. The molecule has 3 rings (SSSR count). The Morgan fingerprint density at radius 3 is 2.58 bits per heavy atom. The molecule has 1 amide bonds. The van der Waals surface area contributed by atoms with Gasteiger partial charge in [-0.15, -0.1) is 0 Å². The van der Waals surface area contributed by atoms with Crippen LogP contribution in [0.2, 0.25) is 0 Å². The second-order valence-electron chi connectivity index (χ2n) is 4.87. The molecular weight excluding hydrogens is 322 g/mol. The van der Waals surface area contributed by atoms with E-state index < -0.39 is 18.3 Å². The summed E-state index contributed by atoms with van der Waals surface area (Å²) in [6.45, 7) is -3.14. The van der Waals surface area contributed by atoms with Crippen LogP contribution in [-0.4, -0.2) is 17.1 Å². The van der Waals surface area contributed by atoms with E-state index in [0.717, 1.165) is 0 Å². The van der Waals surface area contributed by atoms with Gasteiger partial charge in [-0.3, -0.25) is 9.36 Å². The number of rotatable bonds is 5. The molecule has 8 heteroatoms. The molecule has 0 aliphatic heterocycles. The lowest BCUT2D eigenvalue weighted by Crippen LogP contribution is -2.24. The molecule has 0 atom stereocenters. The van der Waals surface area contributed by atoms with E-state index in [4.69, 9.17) is 4.42 Å². The number of fused-ring (bicyclic) bond motifs is 1. The molecule has 3 aromatic rings. The average molecular weight is 334 g/mol. The Kier molecular flexibility index (Phi) is 4.28. The molecule has 124 valence electrons. The zero-order chi connectivity index (χ0) is 17.1. The van der Waals surface area contributed by atoms with Gasteiger partial charge in [-0.25, -0.2) is 4.79 Å². The number of carbonyl (C=O) groups is 1. The van der Waals surface area contributed by atoms with Gasteiger partial charge in [0.05, 0.1) is 5.52 Å². The SMILES string of the molecule is O=C(Cn1c(=O)oc2ccccc21)Nc1ccc(OC(F)F)cc1. The van der Waals surface area contributed by atoms with Gasteiger partial charge in [-0.2, -0.15) is 8.78 Å². The number of hydrogen-bond donors (Lipinski definition) is 1. The molecule has 6 nitrogen and oxygen atoms in total. The van der Waals surface area contributed by atoms with Crippen molar-refractivity contribution in [2.75, 3.05) is 5.32 Å². The van der Waals surface area contributed by atoms with Crippen LogP contribution >= 0.6 is 0 Å². The molecule has 0 saturated carbocycles. The van der Waals surface area contributed by atoms with E-state index in [1.807, 2.05) is 0 Å². The molecule has 0 bridgehead atoms. The minimum atomic E-state index is -2.91. The van der Waals surface area contributed by atoms with E-state index in [1.165, 1.54) is 28.8 Å². The predicted molar refractivity (Wildman–Crippen MR) is 82.2 cm³/mol. The first kappa shape index (κ1) is 15.7. The summed E-state index contributed by atoms with van der Waals surface area (Å²) in [5.41, 5.74) is 1.30. The first-order valence-electron chi connectivity index (χ1n) is 6.96. The minimum absolute atomic E-state index is 0.0138. The highest BCUT2D eigenvalue weighted by Gasteiger charge is 2.12. The van der Waals surface area contributed by atoms with Crippen molar-refractivity contribution in [1.29, 1.82) is 0 Å². The molecule has 0 radical (unpaired) electrons. The second-order valence-corrected chi connectivity index (χ2v) is 4.87. The Morgan fingerprint density at radius 2 is 1.88 bits per heavy atom. The maximum absolute atomic E-state index is 12.1. The summed E-state index contributed by atoms with van der Waals surface area (Å²) < 4.78 is 34.6. The van der Waals surface area contributed by atoms with Gasteiger partial charge in [-0.1, -0.05) is 12.1 Å². The molecule has 0 aliphatic carbocycles. The molecule has 24 heavy (non-hydrogen) atoms. The number of amides is 1. The van der Waals surface area contributed by atoms with Gasteiger partial charge < -0.3 is 14.5 Å². The van der Waals surface area contributed by atoms with Crippen LogP contribution in [0, 0.1) is 0 Å². The van der Waals surface area contributed by atoms with Crippen LogP contribution in [0.15, 0.2) is 57.7 Å². The van der Waals surface area contributed by atoms with Crippen LogP contribution in [0.3, 0.4) is 0 Å². The van der Waals surface area contributed by atoms with Crippen LogP contribution in [-0.2, 0) is 11.3 Å². The van der Waals surface area contributed by atoms with Gasteiger partial charge in [0.2, 0.25) is 5.91 Å². The number of oxazole rings is 1. The van der Waals surface area contributed by atoms with Crippen molar-refractivity contribution in [3.63, 3.8) is 0 Å². The maximum Gasteiger partial charge on any atom is 0.420 e. The molecule has 0 spiro atoms. The Bertz CT molecular complexity index is 916. The molecule has 0 fully saturated rings. The Labute approximate surface area is 134 Å². The van der Waals surface area contributed by atoms with Crippen LogP contribution in [0.25, 0.3) is 11.1 Å². The van der Waals surface area contributed by atoms with Crippen LogP contribution in [0.1, 0.15) is 0 Å². The standard InChI is InChI=1S/C16H12F2N2O4/c17-15(18)23-11-7-5-10(6-8-11)19-14(21)9-20-12-3-1-2-4-13(12)24-16(20)22/h1-8,15H,9H2,(H,19,21). The number of nitrogens with one attached hydrogen (secondary N) is 1. The van der Waals surface area contributed by atoms with Crippen molar-refractivity contribution < 1.29 is 22.7 Å². The Hall–Kier alpha value is -3.16. The zero-order valence-corrected chi connectivity index (χ0v) is 12.2. The van der Waals surface area contributed by atoms with Crippen molar-refractivity contribution in [3.8, 4) is 5.75 Å². The predicted octanol–water partition coefficient (Wildman–Crippen LogP) is 2.83. The highest BCUT2D eigenvalue weighted by atomic mass is 19.3. The molecule has 0 aliphatic rings. The van der Waals surface area contributed by atoms with Gasteiger partial charge >= 0.3 is 12.4 Å². The number of halogens is 2. The van der Waals surface area contributed by atoms with Crippen LogP contribution < -0.4 is 15.8 Å². The summed E-state index contributed by atoms with van der Waals surface area (Å²) in [4.78, 5) is 23.9.